The van der Waals surface area contributed by atoms with Crippen molar-refractivity contribution in [3.8, 4) is 0 Å². The van der Waals surface area contributed by atoms with Crippen LogP contribution in [0.2, 0.25) is 0 Å². The molecule has 0 aliphatic carbocycles. The quantitative estimate of drug-likeness (QED) is 0.449. The fourth-order valence-electron chi connectivity index (χ4n) is 1.82. The first kappa shape index (κ1) is 15.0. The Morgan fingerprint density at radius 3 is 2.71 bits per heavy atom. The Bertz CT molecular complexity index is 670. The van der Waals surface area contributed by atoms with Gasteiger partial charge < -0.3 is 16.8 Å². The van der Waals surface area contributed by atoms with Gasteiger partial charge >= 0.3 is 0 Å². The molecule has 0 aliphatic heterocycles. The number of hydrogen-bond acceptors (Lipinski definition) is 4. The van der Waals surface area contributed by atoms with Crippen LogP contribution in [0.25, 0.3) is 0 Å². The molecule has 0 radical (unpaired) electrons. The molecule has 2 rings (SSSR count). The Kier molecular flexibility index (Phi) is 4.90. The summed E-state index contributed by atoms with van der Waals surface area (Å²) in [5.41, 5.74) is 13.5. The molecule has 108 valence electrons. The van der Waals surface area contributed by atoms with Gasteiger partial charge in [0, 0.05) is 22.0 Å². The number of nitrogens with two attached hydrogens (primary N) is 2. The van der Waals surface area contributed by atoms with Crippen LogP contribution in [0.3, 0.4) is 0 Å². The van der Waals surface area contributed by atoms with Gasteiger partial charge in [0.15, 0.2) is 0 Å². The number of para-hydroxylation sites is 1. The van der Waals surface area contributed by atoms with E-state index in [-0.39, 0.29) is 5.91 Å². The normalized spacial score (nSPS) is 10.1. The standard InChI is InChI=1S/C16H17N3OS/c1-2-9-21-15-6-4-3-5-14(15)19-16(20)12-8-7-11(17)10-13(12)18/h2-8,10H,1,9,17-18H2,(H,19,20). The van der Waals surface area contributed by atoms with Crippen LogP contribution in [-0.4, -0.2) is 11.7 Å². The van der Waals surface area contributed by atoms with Crippen molar-refractivity contribution in [2.24, 2.45) is 0 Å². The molecule has 0 bridgehead atoms. The van der Waals surface area contributed by atoms with Crippen LogP contribution in [0.1, 0.15) is 10.4 Å². The molecule has 0 saturated carbocycles. The van der Waals surface area contributed by atoms with E-state index < -0.39 is 0 Å². The number of nitrogen functional groups attached to an aromatic ring is 2. The number of benzene rings is 2. The minimum atomic E-state index is -0.251. The Balaban J connectivity index is 2.21. The summed E-state index contributed by atoms with van der Waals surface area (Å²) in [6.07, 6.45) is 1.82. The molecule has 5 heteroatoms. The fraction of sp³-hybridized carbons (Fsp3) is 0.0625. The summed E-state index contributed by atoms with van der Waals surface area (Å²) in [7, 11) is 0. The van der Waals surface area contributed by atoms with E-state index in [1.807, 2.05) is 30.3 Å². The number of nitrogens with one attached hydrogen (secondary N) is 1. The molecule has 21 heavy (non-hydrogen) atoms. The van der Waals surface area contributed by atoms with Crippen LogP contribution in [-0.2, 0) is 0 Å². The van der Waals surface area contributed by atoms with E-state index in [0.717, 1.165) is 16.3 Å². The number of anilines is 3. The predicted octanol–water partition coefficient (Wildman–Crippen LogP) is 3.38. The Hall–Kier alpha value is -2.40. The molecular formula is C16H17N3OS. The highest BCUT2D eigenvalue weighted by Gasteiger charge is 2.12. The van der Waals surface area contributed by atoms with E-state index in [1.54, 1.807) is 30.0 Å². The average molecular weight is 299 g/mol. The summed E-state index contributed by atoms with van der Waals surface area (Å²) >= 11 is 1.61. The molecule has 5 N–H and O–H groups in total. The fourth-order valence-corrected chi connectivity index (χ4v) is 2.57. The van der Waals surface area contributed by atoms with Crippen molar-refractivity contribution in [1.82, 2.24) is 0 Å². The topological polar surface area (TPSA) is 81.1 Å². The largest absolute Gasteiger partial charge is 0.399 e. The maximum atomic E-state index is 12.3. The van der Waals surface area contributed by atoms with Gasteiger partial charge in [-0.05, 0) is 30.3 Å². The van der Waals surface area contributed by atoms with Gasteiger partial charge in [-0.15, -0.1) is 18.3 Å². The number of rotatable bonds is 5. The van der Waals surface area contributed by atoms with Crippen LogP contribution in [0.15, 0.2) is 60.0 Å². The van der Waals surface area contributed by atoms with Gasteiger partial charge in [-0.1, -0.05) is 18.2 Å². The molecule has 0 spiro atoms. The van der Waals surface area contributed by atoms with Gasteiger partial charge in [0.2, 0.25) is 0 Å². The van der Waals surface area contributed by atoms with Crippen LogP contribution < -0.4 is 16.8 Å². The van der Waals surface area contributed by atoms with Crippen molar-refractivity contribution in [2.45, 2.75) is 4.90 Å². The molecule has 0 atom stereocenters. The highest BCUT2D eigenvalue weighted by atomic mass is 32.2. The molecule has 0 saturated heterocycles. The van der Waals surface area contributed by atoms with E-state index in [9.17, 15) is 4.79 Å². The number of carbonyl (C=O) groups is 1. The van der Waals surface area contributed by atoms with Gasteiger partial charge in [0.25, 0.3) is 5.91 Å². The summed E-state index contributed by atoms with van der Waals surface area (Å²) in [5.74, 6) is 0.524. The van der Waals surface area contributed by atoms with Gasteiger partial charge in [0.05, 0.1) is 11.3 Å². The predicted molar refractivity (Wildman–Crippen MR) is 90.6 cm³/mol. The van der Waals surface area contributed by atoms with E-state index in [2.05, 4.69) is 11.9 Å². The maximum Gasteiger partial charge on any atom is 0.257 e. The lowest BCUT2D eigenvalue weighted by atomic mass is 10.1. The molecule has 0 heterocycles. The molecule has 0 aromatic heterocycles. The van der Waals surface area contributed by atoms with E-state index in [0.29, 0.717) is 16.9 Å². The van der Waals surface area contributed by atoms with Crippen LogP contribution >= 0.6 is 11.8 Å². The first-order valence-electron chi connectivity index (χ1n) is 6.41. The zero-order valence-electron chi connectivity index (χ0n) is 11.5. The molecular weight excluding hydrogens is 282 g/mol. The summed E-state index contributed by atoms with van der Waals surface area (Å²) in [6.45, 7) is 3.70. The molecule has 2 aromatic carbocycles. The minimum Gasteiger partial charge on any atom is -0.399 e. The van der Waals surface area contributed by atoms with Crippen molar-refractivity contribution < 1.29 is 4.79 Å². The van der Waals surface area contributed by atoms with Crippen LogP contribution in [0.5, 0.6) is 0 Å². The molecule has 0 fully saturated rings. The third-order valence-electron chi connectivity index (χ3n) is 2.81. The van der Waals surface area contributed by atoms with E-state index in [1.165, 1.54) is 0 Å². The zero-order chi connectivity index (χ0) is 15.2. The Labute approximate surface area is 128 Å². The summed E-state index contributed by atoms with van der Waals surface area (Å²) in [6, 6.07) is 12.5. The lowest BCUT2D eigenvalue weighted by Gasteiger charge is -2.11. The number of carbonyl (C=O) groups excluding carboxylic acids is 1. The highest BCUT2D eigenvalue weighted by Crippen LogP contribution is 2.28. The first-order valence-corrected chi connectivity index (χ1v) is 7.39. The lowest BCUT2D eigenvalue weighted by Crippen LogP contribution is -2.14. The number of thioether (sulfide) groups is 1. The van der Waals surface area contributed by atoms with E-state index >= 15 is 0 Å². The third-order valence-corrected chi connectivity index (χ3v) is 3.88. The molecule has 0 aliphatic rings. The highest BCUT2D eigenvalue weighted by molar-refractivity contribution is 7.99. The van der Waals surface area contributed by atoms with Crippen molar-refractivity contribution in [2.75, 3.05) is 22.5 Å². The van der Waals surface area contributed by atoms with Crippen molar-refractivity contribution >= 4 is 34.7 Å². The summed E-state index contributed by atoms with van der Waals surface area (Å²) in [4.78, 5) is 13.3. The summed E-state index contributed by atoms with van der Waals surface area (Å²) < 4.78 is 0. The molecule has 2 aromatic rings. The number of hydrogen-bond donors (Lipinski definition) is 3. The summed E-state index contributed by atoms with van der Waals surface area (Å²) in [5, 5.41) is 2.88. The van der Waals surface area contributed by atoms with Gasteiger partial charge in [-0.2, -0.15) is 0 Å². The SMILES string of the molecule is C=CCSc1ccccc1NC(=O)c1ccc(N)cc1N. The lowest BCUT2D eigenvalue weighted by molar-refractivity contribution is 0.102. The second-order valence-corrected chi connectivity index (χ2v) is 5.46. The Morgan fingerprint density at radius 1 is 1.24 bits per heavy atom. The zero-order valence-corrected chi connectivity index (χ0v) is 12.3. The van der Waals surface area contributed by atoms with E-state index in [4.69, 9.17) is 11.5 Å². The molecule has 1 amide bonds. The van der Waals surface area contributed by atoms with Gasteiger partial charge in [-0.3, -0.25) is 4.79 Å². The van der Waals surface area contributed by atoms with Gasteiger partial charge in [0.1, 0.15) is 0 Å². The minimum absolute atomic E-state index is 0.251. The maximum absolute atomic E-state index is 12.3. The van der Waals surface area contributed by atoms with Crippen LogP contribution in [0, 0.1) is 0 Å². The van der Waals surface area contributed by atoms with Crippen molar-refractivity contribution in [1.29, 1.82) is 0 Å². The second-order valence-electron chi connectivity index (χ2n) is 4.40. The average Bonchev–Trinajstić information content (AvgIpc) is 2.46. The third kappa shape index (κ3) is 3.79. The Morgan fingerprint density at radius 2 is 2.00 bits per heavy atom. The number of amides is 1. The second kappa shape index (κ2) is 6.85. The smallest absolute Gasteiger partial charge is 0.257 e. The van der Waals surface area contributed by atoms with Gasteiger partial charge in [-0.25, -0.2) is 0 Å². The first-order chi connectivity index (χ1) is 10.1. The van der Waals surface area contributed by atoms with Crippen molar-refractivity contribution in [3.05, 3.63) is 60.7 Å². The van der Waals surface area contributed by atoms with Crippen molar-refractivity contribution in [3.63, 3.8) is 0 Å². The van der Waals surface area contributed by atoms with Crippen LogP contribution in [0.4, 0.5) is 17.1 Å². The monoisotopic (exact) mass is 299 g/mol. The molecule has 0 unspecified atom stereocenters. The molecule has 4 nitrogen and oxygen atoms in total.